The van der Waals surface area contributed by atoms with Gasteiger partial charge in [-0.1, -0.05) is 12.1 Å². The van der Waals surface area contributed by atoms with Crippen LogP contribution in [0.2, 0.25) is 0 Å². The van der Waals surface area contributed by atoms with E-state index in [-0.39, 0.29) is 5.70 Å². The maximum atomic E-state index is 11.9. The van der Waals surface area contributed by atoms with Gasteiger partial charge in [-0.05, 0) is 18.2 Å². The molecule has 2 rings (SSSR count). The molecule has 1 N–H and O–H groups in total. The molecule has 2 aromatic rings. The second kappa shape index (κ2) is 8.53. The first-order valence-corrected chi connectivity index (χ1v) is 7.39. The number of hydrogen-bond donors (Lipinski definition) is 1. The molecule has 1 aromatic carbocycles. The second-order valence-corrected chi connectivity index (χ2v) is 4.93. The number of aryl methyl sites for hydroxylation is 1. The molecule has 1 aromatic heterocycles. The van der Waals surface area contributed by atoms with Crippen molar-refractivity contribution in [2.24, 2.45) is 7.05 Å². The van der Waals surface area contributed by atoms with Crippen molar-refractivity contribution in [2.75, 3.05) is 19.5 Å². The predicted molar refractivity (Wildman–Crippen MR) is 89.7 cm³/mol. The number of ether oxygens (including phenoxy) is 3. The molecular formula is C17H19N3O5. The molecule has 25 heavy (non-hydrogen) atoms. The first-order chi connectivity index (χ1) is 12.0. The first-order valence-electron chi connectivity index (χ1n) is 7.39. The fourth-order valence-corrected chi connectivity index (χ4v) is 1.97. The molecule has 0 saturated heterocycles. The third-order valence-electron chi connectivity index (χ3n) is 3.32. The average molecular weight is 345 g/mol. The fourth-order valence-electron chi connectivity index (χ4n) is 1.97. The Labute approximate surface area is 145 Å². The third kappa shape index (κ3) is 4.84. The van der Waals surface area contributed by atoms with Gasteiger partial charge >= 0.3 is 11.9 Å². The molecule has 0 amide bonds. The summed E-state index contributed by atoms with van der Waals surface area (Å²) in [5, 5.41) is 6.92. The highest BCUT2D eigenvalue weighted by atomic mass is 16.5. The highest BCUT2D eigenvalue weighted by molar-refractivity contribution is 5.99. The second-order valence-electron chi connectivity index (χ2n) is 4.93. The predicted octanol–water partition coefficient (Wildman–Crippen LogP) is 1.64. The number of rotatable bonds is 7. The number of hydrogen-bond acceptors (Lipinski definition) is 7. The van der Waals surface area contributed by atoms with Crippen LogP contribution in [-0.2, 0) is 32.7 Å². The summed E-state index contributed by atoms with van der Waals surface area (Å²) in [6.45, 7) is 0.295. The first kappa shape index (κ1) is 18.1. The largest absolute Gasteiger partial charge is 0.485 e. The number of benzene rings is 1. The molecule has 0 spiro atoms. The van der Waals surface area contributed by atoms with Gasteiger partial charge in [-0.3, -0.25) is 4.68 Å². The van der Waals surface area contributed by atoms with Crippen molar-refractivity contribution < 1.29 is 23.8 Å². The third-order valence-corrected chi connectivity index (χ3v) is 3.32. The van der Waals surface area contributed by atoms with Crippen LogP contribution in [-0.4, -0.2) is 35.9 Å². The molecule has 0 atom stereocenters. The van der Waals surface area contributed by atoms with Crippen molar-refractivity contribution in [1.82, 2.24) is 9.78 Å². The molecule has 0 saturated carbocycles. The van der Waals surface area contributed by atoms with E-state index in [4.69, 9.17) is 4.74 Å². The lowest BCUT2D eigenvalue weighted by atomic mass is 10.2. The van der Waals surface area contributed by atoms with Crippen LogP contribution in [0.25, 0.3) is 0 Å². The van der Waals surface area contributed by atoms with Crippen LogP contribution in [0.15, 0.2) is 48.3 Å². The van der Waals surface area contributed by atoms with E-state index in [1.165, 1.54) is 14.2 Å². The lowest BCUT2D eigenvalue weighted by molar-refractivity contribution is -0.138. The van der Waals surface area contributed by atoms with Crippen LogP contribution >= 0.6 is 0 Å². The Morgan fingerprint density at radius 1 is 1.20 bits per heavy atom. The SMILES string of the molecule is COC(=O)/C=C(/Nc1ccccc1OCc1ccnn1C)C(=O)OC. The molecule has 0 unspecified atom stereocenters. The zero-order chi connectivity index (χ0) is 18.2. The van der Waals surface area contributed by atoms with Gasteiger partial charge in [0, 0.05) is 13.2 Å². The van der Waals surface area contributed by atoms with Crippen molar-refractivity contribution in [3.8, 4) is 5.75 Å². The van der Waals surface area contributed by atoms with Crippen LogP contribution in [0.5, 0.6) is 5.75 Å². The number of anilines is 1. The summed E-state index contributed by atoms with van der Waals surface area (Å²) in [4.78, 5) is 23.3. The van der Waals surface area contributed by atoms with Gasteiger partial charge in [-0.15, -0.1) is 0 Å². The average Bonchev–Trinajstić information content (AvgIpc) is 3.04. The Morgan fingerprint density at radius 3 is 2.60 bits per heavy atom. The topological polar surface area (TPSA) is 91.7 Å². The maximum Gasteiger partial charge on any atom is 0.354 e. The molecule has 0 radical (unpaired) electrons. The van der Waals surface area contributed by atoms with Crippen molar-refractivity contribution >= 4 is 17.6 Å². The van der Waals surface area contributed by atoms with E-state index in [1.54, 1.807) is 35.1 Å². The van der Waals surface area contributed by atoms with E-state index in [2.05, 4.69) is 19.9 Å². The minimum absolute atomic E-state index is 0.0640. The zero-order valence-electron chi connectivity index (χ0n) is 14.2. The van der Waals surface area contributed by atoms with Gasteiger partial charge in [0.15, 0.2) is 0 Å². The maximum absolute atomic E-state index is 11.9. The summed E-state index contributed by atoms with van der Waals surface area (Å²) in [6.07, 6.45) is 2.70. The van der Waals surface area contributed by atoms with Gasteiger partial charge in [0.1, 0.15) is 18.1 Å². The summed E-state index contributed by atoms with van der Waals surface area (Å²) >= 11 is 0. The zero-order valence-corrected chi connectivity index (χ0v) is 14.2. The Hall–Kier alpha value is -3.29. The number of aromatic nitrogens is 2. The quantitative estimate of drug-likeness (QED) is 0.602. The van der Waals surface area contributed by atoms with Crippen LogP contribution < -0.4 is 10.1 Å². The summed E-state index contributed by atoms with van der Waals surface area (Å²) in [7, 11) is 4.26. The van der Waals surface area contributed by atoms with Crippen LogP contribution in [0, 0.1) is 0 Å². The summed E-state index contributed by atoms with van der Waals surface area (Å²) in [5.74, 6) is -0.878. The summed E-state index contributed by atoms with van der Waals surface area (Å²) < 4.78 is 16.7. The number of esters is 2. The number of nitrogens with zero attached hydrogens (tertiary/aromatic N) is 2. The summed E-state index contributed by atoms with van der Waals surface area (Å²) in [6, 6.07) is 8.86. The highest BCUT2D eigenvalue weighted by Crippen LogP contribution is 2.26. The van der Waals surface area contributed by atoms with Crippen molar-refractivity contribution in [1.29, 1.82) is 0 Å². The molecule has 0 bridgehead atoms. The monoisotopic (exact) mass is 345 g/mol. The minimum Gasteiger partial charge on any atom is -0.485 e. The lowest BCUT2D eigenvalue weighted by Gasteiger charge is -2.14. The van der Waals surface area contributed by atoms with E-state index in [9.17, 15) is 9.59 Å². The van der Waals surface area contributed by atoms with Gasteiger partial charge in [0.05, 0.1) is 31.7 Å². The molecule has 0 aliphatic heterocycles. The fraction of sp³-hybridized carbons (Fsp3) is 0.235. The van der Waals surface area contributed by atoms with E-state index in [0.717, 1.165) is 11.8 Å². The van der Waals surface area contributed by atoms with Crippen molar-refractivity contribution in [3.63, 3.8) is 0 Å². The van der Waals surface area contributed by atoms with Crippen molar-refractivity contribution in [3.05, 3.63) is 54.0 Å². The van der Waals surface area contributed by atoms with Gasteiger partial charge < -0.3 is 19.5 Å². The number of carbonyl (C=O) groups is 2. The van der Waals surface area contributed by atoms with Crippen molar-refractivity contribution in [2.45, 2.75) is 6.61 Å². The molecule has 132 valence electrons. The van der Waals surface area contributed by atoms with E-state index >= 15 is 0 Å². The standard InChI is InChI=1S/C17H19N3O5/c1-20-12(8-9-18-20)11-25-15-7-5-4-6-13(15)19-14(17(22)24-3)10-16(21)23-2/h4-10,19H,11H2,1-3H3/b14-10+. The Kier molecular flexibility index (Phi) is 6.16. The molecule has 1 heterocycles. The number of carbonyl (C=O) groups excluding carboxylic acids is 2. The van der Waals surface area contributed by atoms with Crippen LogP contribution in [0.1, 0.15) is 5.69 Å². The lowest BCUT2D eigenvalue weighted by Crippen LogP contribution is -2.16. The Balaban J connectivity index is 2.20. The van der Waals surface area contributed by atoms with E-state index in [0.29, 0.717) is 18.0 Å². The molecule has 0 aliphatic carbocycles. The smallest absolute Gasteiger partial charge is 0.354 e. The Morgan fingerprint density at radius 2 is 1.96 bits per heavy atom. The highest BCUT2D eigenvalue weighted by Gasteiger charge is 2.15. The molecular weight excluding hydrogens is 326 g/mol. The van der Waals surface area contributed by atoms with E-state index < -0.39 is 11.9 Å². The molecule has 8 heteroatoms. The van der Waals surface area contributed by atoms with Gasteiger partial charge in [0.25, 0.3) is 0 Å². The number of methoxy groups -OCH3 is 2. The minimum atomic E-state index is -0.702. The summed E-state index contributed by atoms with van der Waals surface area (Å²) in [5.41, 5.74) is 1.32. The number of nitrogens with one attached hydrogen (secondary N) is 1. The van der Waals surface area contributed by atoms with E-state index in [1.807, 2.05) is 13.1 Å². The normalized spacial score (nSPS) is 10.9. The van der Waals surface area contributed by atoms with Gasteiger partial charge in [-0.25, -0.2) is 9.59 Å². The van der Waals surface area contributed by atoms with Gasteiger partial charge in [0.2, 0.25) is 0 Å². The van der Waals surface area contributed by atoms with Gasteiger partial charge in [-0.2, -0.15) is 5.10 Å². The molecule has 0 fully saturated rings. The molecule has 0 aliphatic rings. The van der Waals surface area contributed by atoms with Crippen LogP contribution in [0.3, 0.4) is 0 Å². The number of para-hydroxylation sites is 2. The van der Waals surface area contributed by atoms with Crippen LogP contribution in [0.4, 0.5) is 5.69 Å². The molecule has 8 nitrogen and oxygen atoms in total. The Bertz CT molecular complexity index is 782.